The average Bonchev–Trinajstić information content (AvgIpc) is 0. The van der Waals surface area contributed by atoms with Crippen LogP contribution in [0, 0.1) is 40.8 Å². The van der Waals surface area contributed by atoms with Crippen LogP contribution in [0.3, 0.4) is 0 Å². The molecule has 0 spiro atoms. The maximum absolute atomic E-state index is 0. The summed E-state index contributed by atoms with van der Waals surface area (Å²) in [6.07, 6.45) is 0. The number of hydrogen-bond acceptors (Lipinski definition) is 0. The minimum Gasteiger partial charge on any atom is -0.0125 e. The zero-order valence-corrected chi connectivity index (χ0v) is 9.72. The van der Waals surface area contributed by atoms with Crippen LogP contribution >= 0.6 is 0 Å². The molecule has 0 amide bonds. The summed E-state index contributed by atoms with van der Waals surface area (Å²) in [7, 11) is 0. The molecule has 0 rings (SSSR count). The molecule has 0 saturated heterocycles. The van der Waals surface area contributed by atoms with E-state index in [4.69, 9.17) is 0 Å². The van der Waals surface area contributed by atoms with Crippen molar-refractivity contribution >= 4 is 11.0 Å². The van der Waals surface area contributed by atoms with Crippen LogP contribution < -0.4 is 0 Å². The standard InChI is InChI=1S/Fe.Mn.Nd.H3Si/h;;;1H3. The first-order valence-corrected chi connectivity index (χ1v) is 0. The Morgan fingerprint density at radius 3 is 1.00 bits per heavy atom. The Labute approximate surface area is 84.4 Å². The SMILES string of the molecule is [Fe].[Mn].[Nd].[SiH3]. The number of rotatable bonds is 0. The zero-order chi connectivity index (χ0) is 0. The van der Waals surface area contributed by atoms with E-state index in [1.54, 1.807) is 0 Å². The Morgan fingerprint density at radius 2 is 1.00 bits per heavy atom. The van der Waals surface area contributed by atoms with E-state index in [0.717, 1.165) is 0 Å². The predicted molar refractivity (Wildman–Crippen MR) is 9.94 cm³/mol. The van der Waals surface area contributed by atoms with Crippen molar-refractivity contribution in [1.82, 2.24) is 0 Å². The molecular formula is H3FeMnNdSi. The molecule has 0 bridgehead atoms. The van der Waals surface area contributed by atoms with Gasteiger partial charge in [0, 0.05) is 75.0 Å². The predicted octanol–water partition coefficient (Wildman–Crippen LogP) is -1.19. The van der Waals surface area contributed by atoms with Crippen molar-refractivity contribution in [2.24, 2.45) is 0 Å². The Balaban J connectivity index is 0. The molecule has 4 heavy (non-hydrogen) atoms. The van der Waals surface area contributed by atoms with Crippen LogP contribution in [0.5, 0.6) is 0 Å². The van der Waals surface area contributed by atoms with Crippen LogP contribution in [0.15, 0.2) is 0 Å². The molecule has 0 atom stereocenters. The van der Waals surface area contributed by atoms with Gasteiger partial charge in [0.25, 0.3) is 0 Å². The van der Waals surface area contributed by atoms with Gasteiger partial charge >= 0.3 is 0 Å². The third kappa shape index (κ3) is 8.82. The summed E-state index contributed by atoms with van der Waals surface area (Å²) in [4.78, 5) is 0. The molecule has 2 radical (unpaired) electrons. The summed E-state index contributed by atoms with van der Waals surface area (Å²) in [5.74, 6) is 0. The van der Waals surface area contributed by atoms with Gasteiger partial charge in [0.15, 0.2) is 0 Å². The molecule has 0 N–H and O–H groups in total. The van der Waals surface area contributed by atoms with Gasteiger partial charge < -0.3 is 0 Å². The van der Waals surface area contributed by atoms with Crippen LogP contribution in [0.1, 0.15) is 0 Å². The minimum absolute atomic E-state index is 0. The van der Waals surface area contributed by atoms with Crippen molar-refractivity contribution in [3.05, 3.63) is 0 Å². The van der Waals surface area contributed by atoms with Crippen molar-refractivity contribution in [3.63, 3.8) is 0 Å². The van der Waals surface area contributed by atoms with E-state index in [2.05, 4.69) is 0 Å². The van der Waals surface area contributed by atoms with Gasteiger partial charge in [0.05, 0.1) is 0 Å². The molecule has 0 saturated carbocycles. The molecule has 0 unspecified atom stereocenters. The molecule has 0 aromatic rings. The van der Waals surface area contributed by atoms with Crippen molar-refractivity contribution in [2.75, 3.05) is 0 Å². The Bertz CT molecular complexity index is 8.00. The molecule has 0 nitrogen and oxygen atoms in total. The van der Waals surface area contributed by atoms with Gasteiger partial charge in [-0.05, 0) is 11.0 Å². The first kappa shape index (κ1) is 30.6. The van der Waals surface area contributed by atoms with Gasteiger partial charge in [-0.1, -0.05) is 0 Å². The topological polar surface area (TPSA) is 0 Å². The molecule has 0 aliphatic carbocycles. The van der Waals surface area contributed by atoms with Crippen molar-refractivity contribution in [3.8, 4) is 0 Å². The van der Waals surface area contributed by atoms with E-state index in [0.29, 0.717) is 0 Å². The Morgan fingerprint density at radius 1 is 1.00 bits per heavy atom. The third-order valence-corrected chi connectivity index (χ3v) is 0. The third-order valence-electron chi connectivity index (χ3n) is 0. The summed E-state index contributed by atoms with van der Waals surface area (Å²) in [6, 6.07) is 0. The Hall–Kier alpha value is 2.61. The van der Waals surface area contributed by atoms with Crippen LogP contribution in [-0.4, -0.2) is 11.0 Å². The smallest absolute Gasteiger partial charge is 0 e. The fourth-order valence-corrected chi connectivity index (χ4v) is 0. The fourth-order valence-electron chi connectivity index (χ4n) is 0. The van der Waals surface area contributed by atoms with Gasteiger partial charge in [-0.15, -0.1) is 0 Å². The molecule has 0 aliphatic rings. The van der Waals surface area contributed by atoms with Gasteiger partial charge in [0.2, 0.25) is 0 Å². The van der Waals surface area contributed by atoms with E-state index in [-0.39, 0.29) is 85.9 Å². The van der Waals surface area contributed by atoms with Crippen LogP contribution in [-0.2, 0) is 34.1 Å². The first-order chi connectivity index (χ1) is 0. The van der Waals surface area contributed by atoms with Gasteiger partial charge in [0.1, 0.15) is 0 Å². The normalized spacial score (nSPS) is 0. The first-order valence-electron chi connectivity index (χ1n) is 0. The van der Waals surface area contributed by atoms with Crippen molar-refractivity contribution < 1.29 is 75.0 Å². The molecule has 0 heterocycles. The Kier molecular flexibility index (Phi) is 134. The summed E-state index contributed by atoms with van der Waals surface area (Å²) < 4.78 is 0. The zero-order valence-electron chi connectivity index (χ0n) is 2.23. The van der Waals surface area contributed by atoms with Gasteiger partial charge in [-0.3, -0.25) is 0 Å². The minimum atomic E-state index is 0. The second kappa shape index (κ2) is 17.5. The maximum Gasteiger partial charge on any atom is 0 e. The number of hydrogen-bond donors (Lipinski definition) is 0. The second-order valence-corrected chi connectivity index (χ2v) is 0. The van der Waals surface area contributed by atoms with E-state index in [1.165, 1.54) is 0 Å². The average molecular weight is 286 g/mol. The molecule has 0 aromatic carbocycles. The van der Waals surface area contributed by atoms with Crippen molar-refractivity contribution in [2.45, 2.75) is 0 Å². The summed E-state index contributed by atoms with van der Waals surface area (Å²) in [5.41, 5.74) is 0. The molecular weight excluding hydrogens is 283 g/mol. The summed E-state index contributed by atoms with van der Waals surface area (Å²) in [6.45, 7) is 0. The maximum atomic E-state index is 0. The largest absolute Gasteiger partial charge is 0.0125 e. The summed E-state index contributed by atoms with van der Waals surface area (Å²) in [5, 5.41) is 0. The van der Waals surface area contributed by atoms with Crippen molar-refractivity contribution in [1.29, 1.82) is 0 Å². The van der Waals surface area contributed by atoms with E-state index < -0.39 is 0 Å². The molecule has 26 valence electrons. The quantitative estimate of drug-likeness (QED) is 0.491. The molecule has 0 aromatic heterocycles. The molecule has 0 fully saturated rings. The summed E-state index contributed by atoms with van der Waals surface area (Å²) >= 11 is 0. The van der Waals surface area contributed by atoms with Crippen LogP contribution in [0.2, 0.25) is 0 Å². The van der Waals surface area contributed by atoms with E-state index in [9.17, 15) is 0 Å². The van der Waals surface area contributed by atoms with E-state index in [1.807, 2.05) is 0 Å². The van der Waals surface area contributed by atoms with Gasteiger partial charge in [-0.2, -0.15) is 0 Å². The van der Waals surface area contributed by atoms with Crippen LogP contribution in [0.25, 0.3) is 0 Å². The van der Waals surface area contributed by atoms with Gasteiger partial charge in [-0.25, -0.2) is 0 Å². The molecule has 4 heteroatoms. The molecule has 0 aliphatic heterocycles. The monoisotopic (exact) mass is 284 g/mol. The van der Waals surface area contributed by atoms with E-state index >= 15 is 0 Å². The van der Waals surface area contributed by atoms with Crippen LogP contribution in [0.4, 0.5) is 0 Å². The fraction of sp³-hybridized carbons (Fsp3) is 0. The second-order valence-electron chi connectivity index (χ2n) is 0.